The van der Waals surface area contributed by atoms with Crippen molar-refractivity contribution in [2.45, 2.75) is 6.92 Å². The molecule has 0 aromatic carbocycles. The molecule has 0 atom stereocenters. The van der Waals surface area contributed by atoms with Crippen LogP contribution in [-0.4, -0.2) is 30.1 Å². The molecule has 0 saturated heterocycles. The van der Waals surface area contributed by atoms with Gasteiger partial charge in [-0.25, -0.2) is 4.79 Å². The van der Waals surface area contributed by atoms with Crippen LogP contribution in [0, 0.1) is 0 Å². The molecule has 0 heterocycles. The topological polar surface area (TPSA) is 40.5 Å². The van der Waals surface area contributed by atoms with Crippen molar-refractivity contribution in [1.82, 2.24) is 4.90 Å². The third-order valence-electron chi connectivity index (χ3n) is 1.49. The largest absolute Gasteiger partial charge is 0.478 e. The van der Waals surface area contributed by atoms with Gasteiger partial charge in [0.1, 0.15) is 0 Å². The second-order valence-corrected chi connectivity index (χ2v) is 2.79. The SMILES string of the molecule is C=C(C=C(C=CC)C(=O)O)N(C)C. The van der Waals surface area contributed by atoms with Crippen molar-refractivity contribution in [3.05, 3.63) is 36.1 Å². The molecule has 0 unspecified atom stereocenters. The zero-order valence-corrected chi connectivity index (χ0v) is 8.24. The van der Waals surface area contributed by atoms with Gasteiger partial charge in [-0.2, -0.15) is 0 Å². The highest BCUT2D eigenvalue weighted by atomic mass is 16.4. The number of nitrogens with zero attached hydrogens (tertiary/aromatic N) is 1. The zero-order chi connectivity index (χ0) is 10.4. The van der Waals surface area contributed by atoms with Crippen molar-refractivity contribution in [2.75, 3.05) is 14.1 Å². The van der Waals surface area contributed by atoms with Crippen LogP contribution < -0.4 is 0 Å². The van der Waals surface area contributed by atoms with Gasteiger partial charge in [-0.05, 0) is 13.0 Å². The Bertz CT molecular complexity index is 262. The Labute approximate surface area is 78.7 Å². The summed E-state index contributed by atoms with van der Waals surface area (Å²) < 4.78 is 0. The van der Waals surface area contributed by atoms with Crippen LogP contribution in [0.3, 0.4) is 0 Å². The Hall–Kier alpha value is -1.51. The molecule has 0 aromatic heterocycles. The molecule has 0 fully saturated rings. The predicted molar refractivity (Wildman–Crippen MR) is 53.4 cm³/mol. The first-order valence-corrected chi connectivity index (χ1v) is 3.93. The zero-order valence-electron chi connectivity index (χ0n) is 8.24. The van der Waals surface area contributed by atoms with Gasteiger partial charge in [-0.3, -0.25) is 0 Å². The van der Waals surface area contributed by atoms with E-state index >= 15 is 0 Å². The highest BCUT2D eigenvalue weighted by Crippen LogP contribution is 2.04. The van der Waals surface area contributed by atoms with Gasteiger partial charge in [0, 0.05) is 19.8 Å². The van der Waals surface area contributed by atoms with E-state index in [4.69, 9.17) is 5.11 Å². The van der Waals surface area contributed by atoms with E-state index in [1.54, 1.807) is 17.9 Å². The van der Waals surface area contributed by atoms with Crippen LogP contribution in [-0.2, 0) is 4.79 Å². The molecular formula is C10H15NO2. The molecule has 0 spiro atoms. The maximum atomic E-state index is 10.7. The lowest BCUT2D eigenvalue weighted by Gasteiger charge is -2.11. The Morgan fingerprint density at radius 3 is 2.31 bits per heavy atom. The van der Waals surface area contributed by atoms with Gasteiger partial charge in [-0.15, -0.1) is 0 Å². The number of carboxylic acid groups (broad SMARTS) is 1. The normalized spacial score (nSPS) is 11.8. The van der Waals surface area contributed by atoms with Crippen LogP contribution in [0.15, 0.2) is 36.1 Å². The van der Waals surface area contributed by atoms with E-state index in [1.807, 2.05) is 14.1 Å². The third-order valence-corrected chi connectivity index (χ3v) is 1.49. The summed E-state index contributed by atoms with van der Waals surface area (Å²) in [6.45, 7) is 5.48. The van der Waals surface area contributed by atoms with Gasteiger partial charge in [0.25, 0.3) is 0 Å². The molecule has 3 heteroatoms. The van der Waals surface area contributed by atoms with Crippen molar-refractivity contribution in [1.29, 1.82) is 0 Å². The molecule has 13 heavy (non-hydrogen) atoms. The Balaban J connectivity index is 4.73. The number of rotatable bonds is 4. The van der Waals surface area contributed by atoms with E-state index < -0.39 is 5.97 Å². The van der Waals surface area contributed by atoms with Crippen molar-refractivity contribution >= 4 is 5.97 Å². The summed E-state index contributed by atoms with van der Waals surface area (Å²) >= 11 is 0. The Morgan fingerprint density at radius 2 is 2.00 bits per heavy atom. The van der Waals surface area contributed by atoms with Gasteiger partial charge in [-0.1, -0.05) is 18.7 Å². The van der Waals surface area contributed by atoms with E-state index in [9.17, 15) is 4.79 Å². The number of allylic oxidation sites excluding steroid dienone is 2. The molecule has 0 radical (unpaired) electrons. The van der Waals surface area contributed by atoms with Crippen molar-refractivity contribution in [3.8, 4) is 0 Å². The first-order valence-electron chi connectivity index (χ1n) is 3.93. The summed E-state index contributed by atoms with van der Waals surface area (Å²) in [6.07, 6.45) is 4.75. The van der Waals surface area contributed by atoms with Gasteiger partial charge < -0.3 is 10.0 Å². The molecule has 0 aliphatic rings. The van der Waals surface area contributed by atoms with Crippen molar-refractivity contribution in [2.24, 2.45) is 0 Å². The van der Waals surface area contributed by atoms with Crippen LogP contribution in [0.25, 0.3) is 0 Å². The number of hydrogen-bond acceptors (Lipinski definition) is 2. The number of carboxylic acids is 1. The number of carbonyl (C=O) groups is 1. The molecule has 72 valence electrons. The summed E-state index contributed by atoms with van der Waals surface area (Å²) in [6, 6.07) is 0. The monoisotopic (exact) mass is 181 g/mol. The quantitative estimate of drug-likeness (QED) is 0.529. The molecule has 0 rings (SSSR count). The van der Waals surface area contributed by atoms with Crippen molar-refractivity contribution < 1.29 is 9.90 Å². The van der Waals surface area contributed by atoms with Crippen LogP contribution >= 0.6 is 0 Å². The van der Waals surface area contributed by atoms with Crippen LogP contribution in [0.2, 0.25) is 0 Å². The maximum absolute atomic E-state index is 10.7. The molecule has 0 aromatic rings. The predicted octanol–water partition coefficient (Wildman–Crippen LogP) is 1.65. The lowest BCUT2D eigenvalue weighted by molar-refractivity contribution is -0.132. The van der Waals surface area contributed by atoms with Crippen LogP contribution in [0.1, 0.15) is 6.92 Å². The average molecular weight is 181 g/mol. The number of likely N-dealkylation sites (N-methyl/N-ethyl adjacent to an activating group) is 1. The number of hydrogen-bond donors (Lipinski definition) is 1. The fraction of sp³-hybridized carbons (Fsp3) is 0.300. The summed E-state index contributed by atoms with van der Waals surface area (Å²) in [5.41, 5.74) is 0.900. The minimum atomic E-state index is -0.943. The van der Waals surface area contributed by atoms with E-state index in [-0.39, 0.29) is 5.57 Å². The molecule has 0 saturated carbocycles. The summed E-state index contributed by atoms with van der Waals surface area (Å²) in [5.74, 6) is -0.943. The highest BCUT2D eigenvalue weighted by molar-refractivity contribution is 5.90. The molecule has 1 N–H and O–H groups in total. The lowest BCUT2D eigenvalue weighted by Crippen LogP contribution is -2.09. The van der Waals surface area contributed by atoms with E-state index in [0.717, 1.165) is 0 Å². The second kappa shape index (κ2) is 5.19. The average Bonchev–Trinajstić information content (AvgIpc) is 2.03. The fourth-order valence-corrected chi connectivity index (χ4v) is 0.669. The minimum absolute atomic E-state index is 0.237. The molecular weight excluding hydrogens is 166 g/mol. The van der Waals surface area contributed by atoms with Gasteiger partial charge in [0.05, 0.1) is 5.57 Å². The summed E-state index contributed by atoms with van der Waals surface area (Å²) in [4.78, 5) is 12.4. The maximum Gasteiger partial charge on any atom is 0.335 e. The van der Waals surface area contributed by atoms with E-state index in [1.165, 1.54) is 12.2 Å². The summed E-state index contributed by atoms with van der Waals surface area (Å²) in [5, 5.41) is 8.76. The molecule has 0 amide bonds. The standard InChI is InChI=1S/C10H15NO2/c1-5-6-9(10(12)13)7-8(2)11(3)4/h5-7H,2H2,1,3-4H3,(H,12,13). The Morgan fingerprint density at radius 1 is 1.46 bits per heavy atom. The molecule has 3 nitrogen and oxygen atoms in total. The lowest BCUT2D eigenvalue weighted by atomic mass is 10.2. The number of aliphatic carboxylic acids is 1. The third kappa shape index (κ3) is 4.15. The first-order chi connectivity index (χ1) is 5.99. The van der Waals surface area contributed by atoms with Gasteiger partial charge in [0.2, 0.25) is 0 Å². The van der Waals surface area contributed by atoms with E-state index in [0.29, 0.717) is 5.70 Å². The second-order valence-electron chi connectivity index (χ2n) is 2.79. The molecule has 0 bridgehead atoms. The van der Waals surface area contributed by atoms with Gasteiger partial charge in [0.15, 0.2) is 0 Å². The first kappa shape index (κ1) is 11.5. The van der Waals surface area contributed by atoms with Crippen LogP contribution in [0.4, 0.5) is 0 Å². The Kier molecular flexibility index (Phi) is 4.59. The molecule has 0 aliphatic heterocycles. The molecule has 0 aliphatic carbocycles. The fourth-order valence-electron chi connectivity index (χ4n) is 0.669. The van der Waals surface area contributed by atoms with Gasteiger partial charge >= 0.3 is 5.97 Å². The smallest absolute Gasteiger partial charge is 0.335 e. The minimum Gasteiger partial charge on any atom is -0.478 e. The van der Waals surface area contributed by atoms with Crippen LogP contribution in [0.5, 0.6) is 0 Å². The highest BCUT2D eigenvalue weighted by Gasteiger charge is 2.03. The van der Waals surface area contributed by atoms with E-state index in [2.05, 4.69) is 6.58 Å². The summed E-state index contributed by atoms with van der Waals surface area (Å²) in [7, 11) is 3.63. The van der Waals surface area contributed by atoms with Crippen molar-refractivity contribution in [3.63, 3.8) is 0 Å².